The van der Waals surface area contributed by atoms with Crippen LogP contribution >= 0.6 is 0 Å². The van der Waals surface area contributed by atoms with Crippen LogP contribution in [-0.2, 0) is 11.2 Å². The van der Waals surface area contributed by atoms with Crippen molar-refractivity contribution in [3.63, 3.8) is 0 Å². The molecule has 1 aliphatic heterocycles. The third-order valence-corrected chi connectivity index (χ3v) is 3.78. The number of alkyl halides is 3. The van der Waals surface area contributed by atoms with Gasteiger partial charge in [0.25, 0.3) is 0 Å². The van der Waals surface area contributed by atoms with Crippen LogP contribution in [0.2, 0.25) is 0 Å². The Kier molecular flexibility index (Phi) is 4.02. The fourth-order valence-electron chi connectivity index (χ4n) is 2.62. The number of hydrogen-bond donors (Lipinski definition) is 1. The first-order chi connectivity index (χ1) is 9.66. The number of hydrogen-bond acceptors (Lipinski definition) is 2. The summed E-state index contributed by atoms with van der Waals surface area (Å²) in [6.45, 7) is 5.12. The van der Waals surface area contributed by atoms with Crippen molar-refractivity contribution in [3.05, 3.63) is 35.4 Å². The lowest BCUT2D eigenvalue weighted by Gasteiger charge is -2.31. The molecule has 1 unspecified atom stereocenters. The molecule has 21 heavy (non-hydrogen) atoms. The zero-order valence-electron chi connectivity index (χ0n) is 12.3. The van der Waals surface area contributed by atoms with E-state index in [4.69, 9.17) is 0 Å². The van der Waals surface area contributed by atoms with Crippen molar-refractivity contribution in [1.29, 1.82) is 0 Å². The number of hydrazine groups is 1. The smallest absolute Gasteiger partial charge is 0.287 e. The summed E-state index contributed by atoms with van der Waals surface area (Å²) in [5, 5.41) is 1.01. The molecule has 0 saturated carbocycles. The maximum atomic E-state index is 13.6. The summed E-state index contributed by atoms with van der Waals surface area (Å²) in [6.07, 6.45) is -3.95. The van der Waals surface area contributed by atoms with Crippen LogP contribution in [0.5, 0.6) is 0 Å². The Hall–Kier alpha value is -1.56. The summed E-state index contributed by atoms with van der Waals surface area (Å²) < 4.78 is 40.7. The first-order valence-corrected chi connectivity index (χ1v) is 6.89. The molecule has 6 heteroatoms. The van der Waals surface area contributed by atoms with Gasteiger partial charge in [-0.05, 0) is 31.4 Å². The summed E-state index contributed by atoms with van der Waals surface area (Å²) in [5.74, 6) is -0.384. The van der Waals surface area contributed by atoms with Gasteiger partial charge in [0.05, 0.1) is 5.41 Å². The summed E-state index contributed by atoms with van der Waals surface area (Å²) >= 11 is 0. The first-order valence-electron chi connectivity index (χ1n) is 6.89. The lowest BCUT2D eigenvalue weighted by atomic mass is 9.93. The van der Waals surface area contributed by atoms with Gasteiger partial charge >= 0.3 is 6.18 Å². The molecular weight excluding hydrogens is 281 g/mol. The van der Waals surface area contributed by atoms with Crippen LogP contribution in [0.3, 0.4) is 0 Å². The van der Waals surface area contributed by atoms with Crippen LogP contribution in [0.25, 0.3) is 0 Å². The zero-order chi connectivity index (χ0) is 15.8. The fourth-order valence-corrected chi connectivity index (χ4v) is 2.62. The van der Waals surface area contributed by atoms with E-state index in [2.05, 4.69) is 5.43 Å². The Labute approximate surface area is 122 Å². The number of benzene rings is 1. The highest BCUT2D eigenvalue weighted by atomic mass is 19.4. The molecule has 0 spiro atoms. The maximum Gasteiger partial charge on any atom is 0.409 e. The second-order valence-corrected chi connectivity index (χ2v) is 5.95. The minimum atomic E-state index is -4.46. The van der Waals surface area contributed by atoms with Gasteiger partial charge in [-0.3, -0.25) is 10.2 Å². The molecule has 0 aromatic heterocycles. The molecule has 1 heterocycles. The highest BCUT2D eigenvalue weighted by Gasteiger charge is 2.51. The molecule has 0 bridgehead atoms. The van der Waals surface area contributed by atoms with Crippen molar-refractivity contribution in [2.45, 2.75) is 39.4 Å². The molecular formula is C15H19F3N2O. The van der Waals surface area contributed by atoms with E-state index in [-0.39, 0.29) is 18.0 Å². The summed E-state index contributed by atoms with van der Waals surface area (Å²) in [4.78, 5) is 11.8. The largest absolute Gasteiger partial charge is 0.409 e. The highest BCUT2D eigenvalue weighted by Crippen LogP contribution is 2.41. The van der Waals surface area contributed by atoms with E-state index in [1.807, 2.05) is 6.92 Å². The molecule has 1 aromatic rings. The van der Waals surface area contributed by atoms with Crippen molar-refractivity contribution in [1.82, 2.24) is 10.4 Å². The molecule has 1 fully saturated rings. The number of nitrogens with one attached hydrogen (secondary N) is 1. The average molecular weight is 300 g/mol. The second-order valence-electron chi connectivity index (χ2n) is 5.95. The van der Waals surface area contributed by atoms with Gasteiger partial charge in [-0.25, -0.2) is 5.01 Å². The summed E-state index contributed by atoms with van der Waals surface area (Å²) in [7, 11) is 0. The minimum absolute atomic E-state index is 0.0219. The van der Waals surface area contributed by atoms with Crippen molar-refractivity contribution in [3.8, 4) is 0 Å². The molecule has 1 N–H and O–H groups in total. The normalized spacial score (nSPS) is 20.4. The van der Waals surface area contributed by atoms with Gasteiger partial charge in [0.15, 0.2) is 0 Å². The maximum absolute atomic E-state index is 13.6. The zero-order valence-corrected chi connectivity index (χ0v) is 12.3. The van der Waals surface area contributed by atoms with Gasteiger partial charge in [-0.1, -0.05) is 31.2 Å². The predicted octanol–water partition coefficient (Wildman–Crippen LogP) is 3.23. The van der Waals surface area contributed by atoms with Crippen molar-refractivity contribution in [2.75, 3.05) is 6.54 Å². The molecule has 1 atom stereocenters. The van der Waals surface area contributed by atoms with Crippen molar-refractivity contribution >= 4 is 5.91 Å². The lowest BCUT2D eigenvalue weighted by Crippen LogP contribution is -2.44. The van der Waals surface area contributed by atoms with E-state index < -0.39 is 17.6 Å². The molecule has 0 radical (unpaired) electrons. The number of rotatable bonds is 3. The third kappa shape index (κ3) is 3.05. The minimum Gasteiger partial charge on any atom is -0.287 e. The fraction of sp³-hybridized carbons (Fsp3) is 0.533. The molecule has 1 aliphatic rings. The quantitative estimate of drug-likeness (QED) is 0.929. The SMILES string of the molecule is CCc1ccccc1C(N1CC(C)(C)C(=O)N1)C(F)(F)F. The summed E-state index contributed by atoms with van der Waals surface area (Å²) in [5.41, 5.74) is 2.38. The number of amides is 1. The van der Waals surface area contributed by atoms with Crippen LogP contribution in [-0.4, -0.2) is 23.6 Å². The Bertz CT molecular complexity index is 540. The Balaban J connectivity index is 2.44. The van der Waals surface area contributed by atoms with E-state index in [1.165, 1.54) is 6.07 Å². The topological polar surface area (TPSA) is 32.3 Å². The van der Waals surface area contributed by atoms with E-state index in [0.717, 1.165) is 5.01 Å². The van der Waals surface area contributed by atoms with E-state index in [0.29, 0.717) is 12.0 Å². The van der Waals surface area contributed by atoms with Crippen LogP contribution < -0.4 is 5.43 Å². The number of nitrogens with zero attached hydrogens (tertiary/aromatic N) is 1. The van der Waals surface area contributed by atoms with Crippen molar-refractivity contribution in [2.24, 2.45) is 5.41 Å². The molecule has 1 aromatic carbocycles. The van der Waals surface area contributed by atoms with Gasteiger partial charge < -0.3 is 0 Å². The van der Waals surface area contributed by atoms with E-state index >= 15 is 0 Å². The molecule has 2 rings (SSSR count). The van der Waals surface area contributed by atoms with E-state index in [9.17, 15) is 18.0 Å². The van der Waals surface area contributed by atoms with Crippen LogP contribution in [0.15, 0.2) is 24.3 Å². The average Bonchev–Trinajstić information content (AvgIpc) is 2.62. The van der Waals surface area contributed by atoms with Gasteiger partial charge in [0.2, 0.25) is 5.91 Å². The van der Waals surface area contributed by atoms with Gasteiger partial charge in [-0.15, -0.1) is 0 Å². The lowest BCUT2D eigenvalue weighted by molar-refractivity contribution is -0.191. The summed E-state index contributed by atoms with van der Waals surface area (Å²) in [6, 6.07) is 4.67. The Morgan fingerprint density at radius 3 is 2.43 bits per heavy atom. The van der Waals surface area contributed by atoms with Crippen LogP contribution in [0.4, 0.5) is 13.2 Å². The second kappa shape index (κ2) is 5.33. The number of aryl methyl sites for hydroxylation is 1. The molecule has 116 valence electrons. The van der Waals surface area contributed by atoms with Crippen LogP contribution in [0.1, 0.15) is 37.9 Å². The van der Waals surface area contributed by atoms with Gasteiger partial charge in [0.1, 0.15) is 6.04 Å². The molecule has 3 nitrogen and oxygen atoms in total. The first kappa shape index (κ1) is 15.8. The number of carbonyl (C=O) groups is 1. The Morgan fingerprint density at radius 1 is 1.33 bits per heavy atom. The number of halogens is 3. The van der Waals surface area contributed by atoms with Gasteiger partial charge in [0, 0.05) is 6.54 Å². The van der Waals surface area contributed by atoms with Crippen LogP contribution in [0, 0.1) is 5.41 Å². The predicted molar refractivity (Wildman–Crippen MR) is 73.2 cm³/mol. The molecule has 1 amide bonds. The van der Waals surface area contributed by atoms with Gasteiger partial charge in [-0.2, -0.15) is 13.2 Å². The van der Waals surface area contributed by atoms with E-state index in [1.54, 1.807) is 32.0 Å². The standard InChI is InChI=1S/C15H19F3N2O/c1-4-10-7-5-6-8-11(10)12(15(16,17)18)20-9-14(2,3)13(21)19-20/h5-8,12H,4,9H2,1-3H3,(H,19,21). The number of carbonyl (C=O) groups excluding carboxylic acids is 1. The van der Waals surface area contributed by atoms with Crippen molar-refractivity contribution < 1.29 is 18.0 Å². The highest BCUT2D eigenvalue weighted by molar-refractivity contribution is 5.83. The Morgan fingerprint density at radius 2 is 1.95 bits per heavy atom. The monoisotopic (exact) mass is 300 g/mol. The third-order valence-electron chi connectivity index (χ3n) is 3.78. The molecule has 0 aliphatic carbocycles. The molecule has 1 saturated heterocycles.